The molecule has 110 valence electrons. The number of sulfonamides is 1. The van der Waals surface area contributed by atoms with E-state index in [1.165, 1.54) is 4.31 Å². The Labute approximate surface area is 124 Å². The molecule has 1 aliphatic rings. The van der Waals surface area contributed by atoms with Gasteiger partial charge in [-0.2, -0.15) is 0 Å². The van der Waals surface area contributed by atoms with Crippen LogP contribution in [0.5, 0.6) is 0 Å². The van der Waals surface area contributed by atoms with E-state index in [4.69, 9.17) is 11.6 Å². The van der Waals surface area contributed by atoms with Crippen molar-refractivity contribution in [3.8, 4) is 0 Å². The van der Waals surface area contributed by atoms with Crippen molar-refractivity contribution in [2.24, 2.45) is 5.92 Å². The summed E-state index contributed by atoms with van der Waals surface area (Å²) in [5.41, 5.74) is 0.593. The van der Waals surface area contributed by atoms with Crippen molar-refractivity contribution in [2.75, 3.05) is 18.8 Å². The van der Waals surface area contributed by atoms with E-state index in [-0.39, 0.29) is 24.0 Å². The number of halogens is 1. The van der Waals surface area contributed by atoms with Gasteiger partial charge >= 0.3 is 0 Å². The van der Waals surface area contributed by atoms with Crippen molar-refractivity contribution in [1.82, 2.24) is 4.31 Å². The molecule has 0 aromatic heterocycles. The second kappa shape index (κ2) is 6.24. The fraction of sp³-hybridized carbons (Fsp3) is 0.500. The van der Waals surface area contributed by atoms with Gasteiger partial charge in [-0.15, -0.1) is 0 Å². The fourth-order valence-corrected chi connectivity index (χ4v) is 3.75. The zero-order chi connectivity index (χ0) is 14.8. The van der Waals surface area contributed by atoms with Crippen LogP contribution in [0.2, 0.25) is 5.02 Å². The number of rotatable bonds is 4. The third-order valence-electron chi connectivity index (χ3n) is 3.64. The number of nitrogens with zero attached hydrogens (tertiary/aromatic N) is 1. The van der Waals surface area contributed by atoms with Crippen molar-refractivity contribution in [3.05, 3.63) is 34.9 Å². The Kier molecular flexibility index (Phi) is 4.83. The first-order valence-electron chi connectivity index (χ1n) is 6.71. The largest absolute Gasteiger partial charge is 0.294 e. The standard InChI is InChI=1S/C14H18ClNO3S/c1-2-20(18,19)16-9-3-4-12(10-16)14(17)11-5-7-13(15)8-6-11/h5-8,12H,2-4,9-10H2,1H3. The topological polar surface area (TPSA) is 54.5 Å². The third-order valence-corrected chi connectivity index (χ3v) is 5.74. The summed E-state index contributed by atoms with van der Waals surface area (Å²) >= 11 is 5.81. The van der Waals surface area contributed by atoms with Crippen LogP contribution in [0, 0.1) is 5.92 Å². The van der Waals surface area contributed by atoms with Crippen molar-refractivity contribution in [3.63, 3.8) is 0 Å². The van der Waals surface area contributed by atoms with Crippen LogP contribution in [0.4, 0.5) is 0 Å². The molecule has 6 heteroatoms. The number of hydrogen-bond donors (Lipinski definition) is 0. The molecule has 1 fully saturated rings. The summed E-state index contributed by atoms with van der Waals surface area (Å²) in [6, 6.07) is 6.74. The Morgan fingerprint density at radius 3 is 2.60 bits per heavy atom. The molecule has 1 aliphatic heterocycles. The van der Waals surface area contributed by atoms with Crippen LogP contribution in [0.3, 0.4) is 0 Å². The first-order valence-corrected chi connectivity index (χ1v) is 8.70. The minimum atomic E-state index is -3.22. The van der Waals surface area contributed by atoms with Gasteiger partial charge in [-0.3, -0.25) is 4.79 Å². The number of benzene rings is 1. The summed E-state index contributed by atoms with van der Waals surface area (Å²) in [5, 5.41) is 0.584. The Morgan fingerprint density at radius 2 is 2.00 bits per heavy atom. The molecular weight excluding hydrogens is 298 g/mol. The molecule has 2 rings (SSSR count). The Balaban J connectivity index is 2.13. The lowest BCUT2D eigenvalue weighted by Crippen LogP contribution is -2.42. The van der Waals surface area contributed by atoms with Gasteiger partial charge in [0.15, 0.2) is 5.78 Å². The number of hydrogen-bond acceptors (Lipinski definition) is 3. The highest BCUT2D eigenvalue weighted by Gasteiger charge is 2.31. The van der Waals surface area contributed by atoms with E-state index in [2.05, 4.69) is 0 Å². The van der Waals surface area contributed by atoms with Crippen LogP contribution in [0.1, 0.15) is 30.1 Å². The normalized spacial score (nSPS) is 20.8. The van der Waals surface area contributed by atoms with E-state index in [9.17, 15) is 13.2 Å². The monoisotopic (exact) mass is 315 g/mol. The van der Waals surface area contributed by atoms with Crippen molar-refractivity contribution in [2.45, 2.75) is 19.8 Å². The molecule has 0 spiro atoms. The molecule has 1 heterocycles. The van der Waals surface area contributed by atoms with E-state index >= 15 is 0 Å². The second-order valence-corrected chi connectivity index (χ2v) is 7.66. The zero-order valence-corrected chi connectivity index (χ0v) is 13.0. The quantitative estimate of drug-likeness (QED) is 0.802. The van der Waals surface area contributed by atoms with Gasteiger partial charge in [0.1, 0.15) is 0 Å². The summed E-state index contributed by atoms with van der Waals surface area (Å²) < 4.78 is 25.2. The molecule has 0 amide bonds. The third kappa shape index (κ3) is 3.40. The molecule has 4 nitrogen and oxygen atoms in total. The Morgan fingerprint density at radius 1 is 1.35 bits per heavy atom. The number of carbonyl (C=O) groups is 1. The highest BCUT2D eigenvalue weighted by molar-refractivity contribution is 7.89. The maximum Gasteiger partial charge on any atom is 0.213 e. The zero-order valence-electron chi connectivity index (χ0n) is 11.4. The Hall–Kier alpha value is -0.910. The molecule has 0 saturated carbocycles. The molecule has 1 aromatic carbocycles. The van der Waals surface area contributed by atoms with E-state index < -0.39 is 10.0 Å². The van der Waals surface area contributed by atoms with Crippen LogP contribution in [0.25, 0.3) is 0 Å². The lowest BCUT2D eigenvalue weighted by atomic mass is 9.91. The van der Waals surface area contributed by atoms with E-state index in [0.717, 1.165) is 12.8 Å². The lowest BCUT2D eigenvalue weighted by molar-refractivity contribution is 0.0872. The van der Waals surface area contributed by atoms with Crippen LogP contribution in [0.15, 0.2) is 24.3 Å². The second-order valence-electron chi connectivity index (χ2n) is 4.97. The maximum absolute atomic E-state index is 12.4. The predicted octanol–water partition coefficient (Wildman–Crippen LogP) is 2.58. The van der Waals surface area contributed by atoms with Gasteiger partial charge in [0.25, 0.3) is 0 Å². The molecule has 1 aromatic rings. The fourth-order valence-electron chi connectivity index (χ4n) is 2.44. The van der Waals surface area contributed by atoms with E-state index in [0.29, 0.717) is 17.1 Å². The molecule has 0 aliphatic carbocycles. The minimum absolute atomic E-state index is 0.00216. The number of carbonyl (C=O) groups excluding carboxylic acids is 1. The minimum Gasteiger partial charge on any atom is -0.294 e. The van der Waals surface area contributed by atoms with Crippen molar-refractivity contribution in [1.29, 1.82) is 0 Å². The van der Waals surface area contributed by atoms with Gasteiger partial charge in [-0.25, -0.2) is 12.7 Å². The van der Waals surface area contributed by atoms with Gasteiger partial charge in [-0.05, 0) is 44.0 Å². The maximum atomic E-state index is 12.4. The first kappa shape index (κ1) is 15.5. The van der Waals surface area contributed by atoms with Gasteiger partial charge in [-0.1, -0.05) is 11.6 Å². The average Bonchev–Trinajstić information content (AvgIpc) is 2.47. The highest BCUT2D eigenvalue weighted by atomic mass is 35.5. The summed E-state index contributed by atoms with van der Waals surface area (Å²) in [5.74, 6) is -0.182. The van der Waals surface area contributed by atoms with Crippen molar-refractivity contribution < 1.29 is 13.2 Å². The SMILES string of the molecule is CCS(=O)(=O)N1CCCC(C(=O)c2ccc(Cl)cc2)C1. The molecule has 1 saturated heterocycles. The van der Waals surface area contributed by atoms with Crippen LogP contribution in [-0.4, -0.2) is 37.3 Å². The molecule has 1 atom stereocenters. The van der Waals surface area contributed by atoms with Gasteiger partial charge in [0.05, 0.1) is 5.75 Å². The average molecular weight is 316 g/mol. The summed E-state index contributed by atoms with van der Waals surface area (Å²) in [6.45, 7) is 2.43. The van der Waals surface area contributed by atoms with Crippen molar-refractivity contribution >= 4 is 27.4 Å². The van der Waals surface area contributed by atoms with Crippen LogP contribution >= 0.6 is 11.6 Å². The summed E-state index contributed by atoms with van der Waals surface area (Å²) in [7, 11) is -3.22. The number of Topliss-reactive ketones (excluding diaryl/α,β-unsaturated/α-hetero) is 1. The molecule has 0 N–H and O–H groups in total. The molecular formula is C14H18ClNO3S. The smallest absolute Gasteiger partial charge is 0.213 e. The van der Waals surface area contributed by atoms with E-state index in [1.807, 2.05) is 0 Å². The molecule has 0 radical (unpaired) electrons. The van der Waals surface area contributed by atoms with E-state index in [1.54, 1.807) is 31.2 Å². The van der Waals surface area contributed by atoms with Crippen LogP contribution in [-0.2, 0) is 10.0 Å². The lowest BCUT2D eigenvalue weighted by Gasteiger charge is -2.30. The van der Waals surface area contributed by atoms with Gasteiger partial charge < -0.3 is 0 Å². The van der Waals surface area contributed by atoms with Gasteiger partial charge in [0.2, 0.25) is 10.0 Å². The molecule has 1 unspecified atom stereocenters. The van der Waals surface area contributed by atoms with Gasteiger partial charge in [0, 0.05) is 29.6 Å². The molecule has 0 bridgehead atoms. The number of piperidine rings is 1. The predicted molar refractivity (Wildman–Crippen MR) is 79.5 cm³/mol. The number of ketones is 1. The summed E-state index contributed by atoms with van der Waals surface area (Å²) in [6.07, 6.45) is 1.46. The van der Waals surface area contributed by atoms with Crippen LogP contribution < -0.4 is 0 Å². The highest BCUT2D eigenvalue weighted by Crippen LogP contribution is 2.23. The summed E-state index contributed by atoms with van der Waals surface area (Å²) in [4.78, 5) is 12.4. The molecule has 20 heavy (non-hydrogen) atoms. The first-order chi connectivity index (χ1) is 9.44. The Bertz CT molecular complexity index is 583.